The Morgan fingerprint density at radius 3 is 2.45 bits per heavy atom. The average Bonchev–Trinajstić information content (AvgIpc) is 2.90. The number of hydrogen-bond acceptors (Lipinski definition) is 4. The molecule has 4 nitrogen and oxygen atoms in total. The van der Waals surface area contributed by atoms with E-state index in [2.05, 4.69) is 17.2 Å². The van der Waals surface area contributed by atoms with Crippen LogP contribution >= 0.6 is 0 Å². The second-order valence-electron chi connectivity index (χ2n) is 4.76. The molecule has 20 heavy (non-hydrogen) atoms. The summed E-state index contributed by atoms with van der Waals surface area (Å²) in [6.07, 6.45) is 0.746. The third-order valence-corrected chi connectivity index (χ3v) is 3.46. The zero-order valence-corrected chi connectivity index (χ0v) is 11.4. The molecule has 102 valence electrons. The lowest BCUT2D eigenvalue weighted by atomic mass is 10.0. The van der Waals surface area contributed by atoms with E-state index in [9.17, 15) is 0 Å². The molecule has 1 atom stereocenters. The second-order valence-corrected chi connectivity index (χ2v) is 4.76. The van der Waals surface area contributed by atoms with Crippen LogP contribution in [-0.2, 0) is 0 Å². The molecule has 1 aliphatic rings. The maximum Gasteiger partial charge on any atom is 0.122 e. The zero-order valence-electron chi connectivity index (χ0n) is 11.4. The SMILES string of the molecule is COc1ccc(N2N=C(N)C[C@H]2c2ccccc2)cc1. The highest BCUT2D eigenvalue weighted by Crippen LogP contribution is 2.34. The lowest BCUT2D eigenvalue weighted by Gasteiger charge is -2.23. The minimum Gasteiger partial charge on any atom is -0.497 e. The molecule has 2 aromatic carbocycles. The highest BCUT2D eigenvalue weighted by atomic mass is 16.5. The van der Waals surface area contributed by atoms with Crippen LogP contribution in [0.15, 0.2) is 59.7 Å². The molecule has 0 aliphatic carbocycles. The van der Waals surface area contributed by atoms with Crippen LogP contribution in [0.1, 0.15) is 18.0 Å². The van der Waals surface area contributed by atoms with Crippen molar-refractivity contribution in [2.75, 3.05) is 12.1 Å². The molecule has 0 unspecified atom stereocenters. The molecule has 0 radical (unpaired) electrons. The Labute approximate surface area is 118 Å². The van der Waals surface area contributed by atoms with Gasteiger partial charge in [0.15, 0.2) is 0 Å². The minimum atomic E-state index is 0.157. The average molecular weight is 267 g/mol. The first-order chi connectivity index (χ1) is 9.78. The van der Waals surface area contributed by atoms with Gasteiger partial charge in [0.05, 0.1) is 18.8 Å². The van der Waals surface area contributed by atoms with Gasteiger partial charge in [-0.1, -0.05) is 30.3 Å². The molecule has 3 rings (SSSR count). The van der Waals surface area contributed by atoms with E-state index in [1.165, 1.54) is 5.56 Å². The summed E-state index contributed by atoms with van der Waals surface area (Å²) in [4.78, 5) is 0. The van der Waals surface area contributed by atoms with Crippen LogP contribution in [0, 0.1) is 0 Å². The smallest absolute Gasteiger partial charge is 0.122 e. The third kappa shape index (κ3) is 2.32. The van der Waals surface area contributed by atoms with E-state index in [-0.39, 0.29) is 6.04 Å². The summed E-state index contributed by atoms with van der Waals surface area (Å²) in [5, 5.41) is 6.44. The Balaban J connectivity index is 1.92. The van der Waals surface area contributed by atoms with Gasteiger partial charge in [-0.05, 0) is 29.8 Å². The summed E-state index contributed by atoms with van der Waals surface area (Å²) in [6.45, 7) is 0. The molecule has 0 saturated heterocycles. The van der Waals surface area contributed by atoms with Gasteiger partial charge in [0.25, 0.3) is 0 Å². The number of rotatable bonds is 3. The number of nitrogens with two attached hydrogens (primary N) is 1. The van der Waals surface area contributed by atoms with Gasteiger partial charge in [0.2, 0.25) is 0 Å². The molecule has 1 aliphatic heterocycles. The molecular formula is C16H17N3O. The maximum atomic E-state index is 5.93. The van der Waals surface area contributed by atoms with Crippen LogP contribution in [0.5, 0.6) is 5.75 Å². The summed E-state index contributed by atoms with van der Waals surface area (Å²) in [5.74, 6) is 1.50. The van der Waals surface area contributed by atoms with Crippen molar-refractivity contribution in [3.8, 4) is 5.75 Å². The van der Waals surface area contributed by atoms with E-state index in [4.69, 9.17) is 10.5 Å². The number of methoxy groups -OCH3 is 1. The third-order valence-electron chi connectivity index (χ3n) is 3.46. The maximum absolute atomic E-state index is 5.93. The molecule has 0 spiro atoms. The van der Waals surface area contributed by atoms with E-state index in [1.807, 2.05) is 47.5 Å². The van der Waals surface area contributed by atoms with Crippen LogP contribution in [0.25, 0.3) is 0 Å². The van der Waals surface area contributed by atoms with Crippen molar-refractivity contribution in [2.24, 2.45) is 10.8 Å². The molecule has 0 aromatic heterocycles. The Bertz CT molecular complexity index is 607. The number of nitrogens with zero attached hydrogens (tertiary/aromatic N) is 2. The van der Waals surface area contributed by atoms with Crippen LogP contribution in [0.2, 0.25) is 0 Å². The normalized spacial score (nSPS) is 17.9. The van der Waals surface area contributed by atoms with Gasteiger partial charge >= 0.3 is 0 Å². The van der Waals surface area contributed by atoms with Crippen molar-refractivity contribution in [3.63, 3.8) is 0 Å². The number of benzene rings is 2. The van der Waals surface area contributed by atoms with E-state index < -0.39 is 0 Å². The largest absolute Gasteiger partial charge is 0.497 e. The molecule has 0 bridgehead atoms. The van der Waals surface area contributed by atoms with E-state index in [1.54, 1.807) is 7.11 Å². The van der Waals surface area contributed by atoms with E-state index in [0.29, 0.717) is 5.84 Å². The van der Waals surface area contributed by atoms with Gasteiger partial charge < -0.3 is 10.5 Å². The first kappa shape index (κ1) is 12.5. The number of hydrazone groups is 1. The lowest BCUT2D eigenvalue weighted by Crippen LogP contribution is -2.18. The predicted octanol–water partition coefficient (Wildman–Crippen LogP) is 2.92. The first-order valence-electron chi connectivity index (χ1n) is 6.59. The van der Waals surface area contributed by atoms with Crippen LogP contribution in [0.4, 0.5) is 5.69 Å². The van der Waals surface area contributed by atoms with Crippen LogP contribution in [0.3, 0.4) is 0 Å². The monoisotopic (exact) mass is 267 g/mol. The van der Waals surface area contributed by atoms with E-state index >= 15 is 0 Å². The summed E-state index contributed by atoms with van der Waals surface area (Å²) >= 11 is 0. The topological polar surface area (TPSA) is 50.8 Å². The van der Waals surface area contributed by atoms with Gasteiger partial charge in [0, 0.05) is 6.42 Å². The van der Waals surface area contributed by atoms with Crippen molar-refractivity contribution >= 4 is 11.5 Å². The fourth-order valence-electron chi connectivity index (χ4n) is 2.44. The fourth-order valence-corrected chi connectivity index (χ4v) is 2.44. The van der Waals surface area contributed by atoms with Crippen LogP contribution < -0.4 is 15.5 Å². The minimum absolute atomic E-state index is 0.157. The number of anilines is 1. The van der Waals surface area contributed by atoms with Gasteiger partial charge in [-0.3, -0.25) is 5.01 Å². The molecular weight excluding hydrogens is 250 g/mol. The Kier molecular flexibility index (Phi) is 3.29. The van der Waals surface area contributed by atoms with Gasteiger partial charge in [-0.15, -0.1) is 0 Å². The summed E-state index contributed by atoms with van der Waals surface area (Å²) in [7, 11) is 1.66. The molecule has 2 N–H and O–H groups in total. The molecule has 0 saturated carbocycles. The summed E-state index contributed by atoms with van der Waals surface area (Å²) in [6, 6.07) is 18.3. The Morgan fingerprint density at radius 2 is 1.80 bits per heavy atom. The zero-order chi connectivity index (χ0) is 13.9. The van der Waals surface area contributed by atoms with Crippen molar-refractivity contribution in [2.45, 2.75) is 12.5 Å². The predicted molar refractivity (Wildman–Crippen MR) is 80.9 cm³/mol. The Morgan fingerprint density at radius 1 is 1.10 bits per heavy atom. The molecule has 1 heterocycles. The molecule has 2 aromatic rings. The highest BCUT2D eigenvalue weighted by Gasteiger charge is 2.27. The summed E-state index contributed by atoms with van der Waals surface area (Å²) in [5.41, 5.74) is 8.16. The highest BCUT2D eigenvalue weighted by molar-refractivity contribution is 5.85. The summed E-state index contributed by atoms with van der Waals surface area (Å²) < 4.78 is 5.19. The van der Waals surface area contributed by atoms with Crippen LogP contribution in [-0.4, -0.2) is 12.9 Å². The fraction of sp³-hybridized carbons (Fsp3) is 0.188. The van der Waals surface area contributed by atoms with Crippen molar-refractivity contribution < 1.29 is 4.74 Å². The van der Waals surface area contributed by atoms with Gasteiger partial charge in [0.1, 0.15) is 11.6 Å². The quantitative estimate of drug-likeness (QED) is 0.930. The number of hydrogen-bond donors (Lipinski definition) is 1. The Hall–Kier alpha value is -2.49. The van der Waals surface area contributed by atoms with Crippen molar-refractivity contribution in [1.82, 2.24) is 0 Å². The standard InChI is InChI=1S/C16H17N3O/c1-20-14-9-7-13(8-10-14)19-15(11-16(17)18-19)12-5-3-2-4-6-12/h2-10,15H,11H2,1H3,(H2,17,18)/t15-/m0/s1. The van der Waals surface area contributed by atoms with Crippen molar-refractivity contribution in [1.29, 1.82) is 0 Å². The molecule has 0 fully saturated rings. The van der Waals surface area contributed by atoms with E-state index in [0.717, 1.165) is 17.9 Å². The van der Waals surface area contributed by atoms with Gasteiger partial charge in [-0.25, -0.2) is 0 Å². The number of ether oxygens (including phenoxy) is 1. The lowest BCUT2D eigenvalue weighted by molar-refractivity contribution is 0.415. The second kappa shape index (κ2) is 5.25. The first-order valence-corrected chi connectivity index (χ1v) is 6.59. The molecule has 4 heteroatoms. The number of amidine groups is 1. The van der Waals surface area contributed by atoms with Gasteiger partial charge in [-0.2, -0.15) is 5.10 Å². The molecule has 0 amide bonds. The van der Waals surface area contributed by atoms with Crippen molar-refractivity contribution in [3.05, 3.63) is 60.2 Å².